The van der Waals surface area contributed by atoms with E-state index in [4.69, 9.17) is 4.74 Å². The summed E-state index contributed by atoms with van der Waals surface area (Å²) in [5.41, 5.74) is 2.20. The topological polar surface area (TPSA) is 29.5 Å². The Morgan fingerprint density at radius 1 is 1.39 bits per heavy atom. The van der Waals surface area contributed by atoms with E-state index in [9.17, 15) is 4.79 Å². The van der Waals surface area contributed by atoms with E-state index in [1.807, 2.05) is 25.1 Å². The molecule has 0 saturated carbocycles. The normalized spacial score (nSPS) is 17.6. The zero-order valence-electron chi connectivity index (χ0n) is 10.6. The molecule has 0 radical (unpaired) electrons. The van der Waals surface area contributed by atoms with Crippen molar-refractivity contribution >= 4 is 27.4 Å². The second kappa shape index (κ2) is 6.34. The fourth-order valence-electron chi connectivity index (χ4n) is 2.15. The van der Waals surface area contributed by atoms with E-state index in [2.05, 4.69) is 26.9 Å². The molecule has 1 aliphatic rings. The van der Waals surface area contributed by atoms with E-state index in [0.29, 0.717) is 6.42 Å². The summed E-state index contributed by atoms with van der Waals surface area (Å²) in [6.07, 6.45) is 0.549. The van der Waals surface area contributed by atoms with Gasteiger partial charge in [-0.3, -0.25) is 4.79 Å². The molecule has 1 atom stereocenters. The third-order valence-electron chi connectivity index (χ3n) is 3.19. The maximum absolute atomic E-state index is 11.9. The highest BCUT2D eigenvalue weighted by Gasteiger charge is 2.22. The van der Waals surface area contributed by atoms with Crippen molar-refractivity contribution in [3.05, 3.63) is 29.8 Å². The van der Waals surface area contributed by atoms with Gasteiger partial charge in [0.15, 0.2) is 5.78 Å². The number of para-hydroxylation sites is 1. The van der Waals surface area contributed by atoms with Gasteiger partial charge in [-0.2, -0.15) is 0 Å². The summed E-state index contributed by atoms with van der Waals surface area (Å²) < 4.78 is 5.37. The maximum Gasteiger partial charge on any atom is 0.150 e. The van der Waals surface area contributed by atoms with E-state index in [1.54, 1.807) is 0 Å². The van der Waals surface area contributed by atoms with E-state index < -0.39 is 0 Å². The van der Waals surface area contributed by atoms with Crippen molar-refractivity contribution in [1.82, 2.24) is 0 Å². The second-order valence-electron chi connectivity index (χ2n) is 4.34. The van der Waals surface area contributed by atoms with E-state index in [-0.39, 0.29) is 10.6 Å². The number of hydrogen-bond acceptors (Lipinski definition) is 3. The van der Waals surface area contributed by atoms with Gasteiger partial charge in [0.2, 0.25) is 0 Å². The van der Waals surface area contributed by atoms with Crippen molar-refractivity contribution in [3.8, 4) is 0 Å². The summed E-state index contributed by atoms with van der Waals surface area (Å²) in [7, 11) is 0. The highest BCUT2D eigenvalue weighted by molar-refractivity contribution is 9.09. The molecule has 1 aromatic carbocycles. The first-order chi connectivity index (χ1) is 8.74. The molecule has 0 N–H and O–H groups in total. The number of Topliss-reactive ketones (excluding diaryl/α,β-unsaturated/α-hetero) is 1. The predicted molar refractivity (Wildman–Crippen MR) is 76.4 cm³/mol. The van der Waals surface area contributed by atoms with Crippen molar-refractivity contribution in [2.24, 2.45) is 0 Å². The van der Waals surface area contributed by atoms with Gasteiger partial charge in [0.1, 0.15) is 0 Å². The monoisotopic (exact) mass is 311 g/mol. The molecule has 0 aliphatic carbocycles. The largest absolute Gasteiger partial charge is 0.378 e. The molecule has 1 unspecified atom stereocenters. The molecule has 0 aromatic heterocycles. The number of benzene rings is 1. The van der Waals surface area contributed by atoms with Crippen LogP contribution in [0.3, 0.4) is 0 Å². The van der Waals surface area contributed by atoms with Crippen molar-refractivity contribution < 1.29 is 9.53 Å². The smallest absolute Gasteiger partial charge is 0.150 e. The van der Waals surface area contributed by atoms with Gasteiger partial charge in [0.25, 0.3) is 0 Å². The number of halogens is 1. The lowest BCUT2D eigenvalue weighted by Gasteiger charge is -2.31. The van der Waals surface area contributed by atoms with Gasteiger partial charge >= 0.3 is 0 Å². The molecule has 98 valence electrons. The number of rotatable bonds is 4. The molecule has 0 amide bonds. The van der Waals surface area contributed by atoms with Gasteiger partial charge in [0, 0.05) is 25.2 Å². The molecule has 1 heterocycles. The van der Waals surface area contributed by atoms with Gasteiger partial charge in [0.05, 0.1) is 18.0 Å². The van der Waals surface area contributed by atoms with Crippen LogP contribution in [0.1, 0.15) is 23.7 Å². The lowest BCUT2D eigenvalue weighted by atomic mass is 10.0. The Morgan fingerprint density at radius 3 is 2.72 bits per heavy atom. The zero-order valence-corrected chi connectivity index (χ0v) is 12.1. The van der Waals surface area contributed by atoms with E-state index in [0.717, 1.165) is 37.6 Å². The first-order valence-corrected chi connectivity index (χ1v) is 7.24. The van der Waals surface area contributed by atoms with E-state index in [1.165, 1.54) is 0 Å². The number of anilines is 1. The third-order valence-corrected chi connectivity index (χ3v) is 4.20. The SMILES string of the molecule is CCC(=O)C(Br)c1ccccc1N1CCOCC1. The first-order valence-electron chi connectivity index (χ1n) is 6.32. The first kappa shape index (κ1) is 13.6. The lowest BCUT2D eigenvalue weighted by molar-refractivity contribution is -0.118. The Morgan fingerprint density at radius 2 is 2.06 bits per heavy atom. The minimum absolute atomic E-state index is 0.207. The van der Waals surface area contributed by atoms with Crippen molar-refractivity contribution in [3.63, 3.8) is 0 Å². The lowest BCUT2D eigenvalue weighted by Crippen LogP contribution is -2.37. The summed E-state index contributed by atoms with van der Waals surface area (Å²) in [5, 5.41) is 0. The van der Waals surface area contributed by atoms with Crippen LogP contribution in [-0.4, -0.2) is 32.1 Å². The van der Waals surface area contributed by atoms with Crippen LogP contribution in [0, 0.1) is 0 Å². The summed E-state index contributed by atoms with van der Waals surface area (Å²) in [5.74, 6) is 0.218. The number of carbonyl (C=O) groups excluding carboxylic acids is 1. The van der Waals surface area contributed by atoms with Crippen LogP contribution in [0.5, 0.6) is 0 Å². The van der Waals surface area contributed by atoms with Crippen LogP contribution in [0.25, 0.3) is 0 Å². The summed E-state index contributed by atoms with van der Waals surface area (Å²) in [4.78, 5) is 13.9. The van der Waals surface area contributed by atoms with Gasteiger partial charge in [-0.1, -0.05) is 41.1 Å². The molecular weight excluding hydrogens is 294 g/mol. The van der Waals surface area contributed by atoms with Crippen molar-refractivity contribution in [2.45, 2.75) is 18.2 Å². The molecule has 2 rings (SSSR count). The van der Waals surface area contributed by atoms with Crippen LogP contribution in [0.4, 0.5) is 5.69 Å². The molecule has 1 fully saturated rings. The Hall–Kier alpha value is -0.870. The van der Waals surface area contributed by atoms with Crippen LogP contribution in [0.2, 0.25) is 0 Å². The van der Waals surface area contributed by atoms with E-state index >= 15 is 0 Å². The molecule has 1 aliphatic heterocycles. The van der Waals surface area contributed by atoms with Gasteiger partial charge in [-0.25, -0.2) is 0 Å². The third kappa shape index (κ3) is 2.93. The Balaban J connectivity index is 2.27. The van der Waals surface area contributed by atoms with Crippen LogP contribution >= 0.6 is 15.9 Å². The number of carbonyl (C=O) groups is 1. The Bertz CT molecular complexity index is 416. The molecule has 1 saturated heterocycles. The quantitative estimate of drug-likeness (QED) is 0.801. The number of ketones is 1. The standard InChI is InChI=1S/C14H18BrNO2/c1-2-13(17)14(15)11-5-3-4-6-12(11)16-7-9-18-10-8-16/h3-6,14H,2,7-10H2,1H3. The number of alkyl halides is 1. The molecule has 0 spiro atoms. The molecule has 1 aromatic rings. The van der Waals surface area contributed by atoms with Crippen molar-refractivity contribution in [2.75, 3.05) is 31.2 Å². The molecule has 18 heavy (non-hydrogen) atoms. The fraction of sp³-hybridized carbons (Fsp3) is 0.500. The summed E-state index contributed by atoms with van der Waals surface area (Å²) in [6, 6.07) is 8.11. The highest BCUT2D eigenvalue weighted by atomic mass is 79.9. The Kier molecular flexibility index (Phi) is 4.78. The number of nitrogens with zero attached hydrogens (tertiary/aromatic N) is 1. The average molecular weight is 312 g/mol. The number of morpholine rings is 1. The predicted octanol–water partition coefficient (Wildman–Crippen LogP) is 2.94. The summed E-state index contributed by atoms with van der Waals surface area (Å²) in [6.45, 7) is 5.17. The van der Waals surface area contributed by atoms with Crippen LogP contribution < -0.4 is 4.90 Å². The molecule has 3 nitrogen and oxygen atoms in total. The molecular formula is C14H18BrNO2. The second-order valence-corrected chi connectivity index (χ2v) is 5.26. The highest BCUT2D eigenvalue weighted by Crippen LogP contribution is 2.33. The number of ether oxygens (including phenoxy) is 1. The average Bonchev–Trinajstić information content (AvgIpc) is 2.46. The molecule has 0 bridgehead atoms. The minimum atomic E-state index is -0.207. The maximum atomic E-state index is 11.9. The van der Waals surface area contributed by atoms with Gasteiger partial charge in [-0.05, 0) is 11.6 Å². The molecule has 4 heteroatoms. The summed E-state index contributed by atoms with van der Waals surface area (Å²) >= 11 is 3.52. The minimum Gasteiger partial charge on any atom is -0.378 e. The van der Waals surface area contributed by atoms with Crippen molar-refractivity contribution in [1.29, 1.82) is 0 Å². The Labute approximate surface area is 116 Å². The van der Waals surface area contributed by atoms with Crippen LogP contribution in [0.15, 0.2) is 24.3 Å². The van der Waals surface area contributed by atoms with Crippen LogP contribution in [-0.2, 0) is 9.53 Å². The number of hydrogen-bond donors (Lipinski definition) is 0. The van der Waals surface area contributed by atoms with Gasteiger partial charge < -0.3 is 9.64 Å². The zero-order chi connectivity index (χ0) is 13.0. The van der Waals surface area contributed by atoms with Gasteiger partial charge in [-0.15, -0.1) is 0 Å². The fourth-order valence-corrected chi connectivity index (χ4v) is 2.86.